The lowest BCUT2D eigenvalue weighted by Crippen LogP contribution is -2.25. The maximum atomic E-state index is 11.7. The van der Waals surface area contributed by atoms with Gasteiger partial charge in [-0.15, -0.1) is 6.42 Å². The van der Waals surface area contributed by atoms with Crippen LogP contribution in [0, 0.1) is 22.5 Å². The molecule has 0 saturated heterocycles. The maximum absolute atomic E-state index is 11.7. The first kappa shape index (κ1) is 19.0. The summed E-state index contributed by atoms with van der Waals surface area (Å²) in [7, 11) is 1.44. The lowest BCUT2D eigenvalue weighted by atomic mass is 10.1. The van der Waals surface area contributed by atoms with Gasteiger partial charge in [-0.05, 0) is 24.3 Å². The number of H-pyrrole nitrogens is 2. The first-order chi connectivity index (χ1) is 12.4. The highest BCUT2D eigenvalue weighted by molar-refractivity contribution is 9.10. The highest BCUT2D eigenvalue weighted by atomic mass is 79.9. The van der Waals surface area contributed by atoms with E-state index in [1.165, 1.54) is 19.3 Å². The van der Waals surface area contributed by atoms with Gasteiger partial charge < -0.3 is 14.5 Å². The summed E-state index contributed by atoms with van der Waals surface area (Å²) in [5, 5.41) is 11.1. The van der Waals surface area contributed by atoms with Crippen LogP contribution in [0.3, 0.4) is 0 Å². The van der Waals surface area contributed by atoms with Gasteiger partial charge in [0.05, 0.1) is 12.0 Å². The number of rotatable bonds is 6. The van der Waals surface area contributed by atoms with Crippen LogP contribution < -0.4 is 20.7 Å². The van der Waals surface area contributed by atoms with Crippen molar-refractivity contribution in [1.82, 2.24) is 9.97 Å². The Bertz CT molecular complexity index is 1030. The zero-order chi connectivity index (χ0) is 19.3. The number of halogens is 1. The van der Waals surface area contributed by atoms with Crippen LogP contribution in [0.25, 0.3) is 12.2 Å². The molecule has 10 heteroatoms. The lowest BCUT2D eigenvalue weighted by Gasteiger charge is -2.12. The minimum absolute atomic E-state index is 0.0270. The van der Waals surface area contributed by atoms with Gasteiger partial charge in [-0.1, -0.05) is 21.9 Å². The molecule has 0 unspecified atom stereocenters. The molecule has 1 aromatic carbocycles. The Labute approximate surface area is 154 Å². The normalized spacial score (nSPS) is 10.5. The Morgan fingerprint density at radius 1 is 1.35 bits per heavy atom. The number of aromatic amines is 2. The molecule has 0 aliphatic heterocycles. The minimum atomic E-state index is -1.10. The van der Waals surface area contributed by atoms with Crippen molar-refractivity contribution < 1.29 is 14.4 Å². The number of nitrogens with zero attached hydrogens (tertiary/aromatic N) is 1. The van der Waals surface area contributed by atoms with E-state index in [0.717, 1.165) is 0 Å². The van der Waals surface area contributed by atoms with Crippen LogP contribution >= 0.6 is 15.9 Å². The molecule has 0 atom stereocenters. The second-order valence-electron chi connectivity index (χ2n) is 4.78. The van der Waals surface area contributed by atoms with Gasteiger partial charge in [0, 0.05) is 10.0 Å². The fourth-order valence-corrected chi connectivity index (χ4v) is 2.56. The summed E-state index contributed by atoms with van der Waals surface area (Å²) in [5.41, 5.74) is -2.55. The molecule has 2 N–H and O–H groups in total. The second-order valence-corrected chi connectivity index (χ2v) is 5.70. The van der Waals surface area contributed by atoms with E-state index in [9.17, 15) is 19.7 Å². The molecular weight excluding hydrogens is 410 g/mol. The van der Waals surface area contributed by atoms with Gasteiger partial charge in [0.15, 0.2) is 11.5 Å². The lowest BCUT2D eigenvalue weighted by molar-refractivity contribution is -0.386. The largest absolute Gasteiger partial charge is 0.493 e. The third kappa shape index (κ3) is 4.20. The predicted molar refractivity (Wildman–Crippen MR) is 98.3 cm³/mol. The molecule has 0 fully saturated rings. The van der Waals surface area contributed by atoms with Gasteiger partial charge in [-0.25, -0.2) is 4.79 Å². The minimum Gasteiger partial charge on any atom is -0.493 e. The Morgan fingerprint density at radius 3 is 2.69 bits per heavy atom. The molecule has 0 bridgehead atoms. The Balaban J connectivity index is 2.60. The van der Waals surface area contributed by atoms with E-state index in [4.69, 9.17) is 15.9 Å². The molecule has 0 spiro atoms. The van der Waals surface area contributed by atoms with E-state index < -0.39 is 21.9 Å². The standard InChI is InChI=1S/C16H12BrN3O6/c1-3-6-26-14-9(7-10(17)8-12(14)25-2)4-5-11-13(20(23)24)15(21)19-16(22)18-11/h1,4-5,7-8H,6H2,2H3,(H2,18,19,21,22)/b5-4-. The van der Waals surface area contributed by atoms with Crippen molar-refractivity contribution in [3.05, 3.63) is 58.8 Å². The topological polar surface area (TPSA) is 127 Å². The molecule has 1 aromatic heterocycles. The van der Waals surface area contributed by atoms with Crippen LogP contribution in [0.5, 0.6) is 11.5 Å². The van der Waals surface area contributed by atoms with Crippen LogP contribution in [-0.4, -0.2) is 28.6 Å². The van der Waals surface area contributed by atoms with Crippen molar-refractivity contribution in [3.8, 4) is 23.8 Å². The molecular formula is C16H12BrN3O6. The van der Waals surface area contributed by atoms with Crippen molar-refractivity contribution >= 4 is 33.8 Å². The molecule has 1 heterocycles. The predicted octanol–water partition coefficient (Wildman–Crippen LogP) is 1.92. The van der Waals surface area contributed by atoms with Crippen LogP contribution in [0.1, 0.15) is 11.3 Å². The molecule has 134 valence electrons. The number of terminal acetylenes is 1. The average molecular weight is 422 g/mol. The van der Waals surface area contributed by atoms with Crippen molar-refractivity contribution in [2.24, 2.45) is 0 Å². The zero-order valence-corrected chi connectivity index (χ0v) is 15.0. The highest BCUT2D eigenvalue weighted by Crippen LogP contribution is 2.36. The third-order valence-electron chi connectivity index (χ3n) is 3.13. The first-order valence-corrected chi connectivity index (χ1v) is 7.79. The van der Waals surface area contributed by atoms with Gasteiger partial charge in [-0.2, -0.15) is 0 Å². The first-order valence-electron chi connectivity index (χ1n) is 7.00. The summed E-state index contributed by atoms with van der Waals surface area (Å²) in [6, 6.07) is 3.31. The summed E-state index contributed by atoms with van der Waals surface area (Å²) in [6.45, 7) is -0.0270. The summed E-state index contributed by atoms with van der Waals surface area (Å²) in [6.07, 6.45) is 7.85. The van der Waals surface area contributed by atoms with Crippen LogP contribution in [-0.2, 0) is 0 Å². The molecule has 0 amide bonds. The van der Waals surface area contributed by atoms with Gasteiger partial charge in [0.25, 0.3) is 0 Å². The van der Waals surface area contributed by atoms with Gasteiger partial charge in [-0.3, -0.25) is 19.9 Å². The van der Waals surface area contributed by atoms with Crippen molar-refractivity contribution in [2.75, 3.05) is 13.7 Å². The van der Waals surface area contributed by atoms with Gasteiger partial charge >= 0.3 is 16.9 Å². The number of benzene rings is 1. The number of ether oxygens (including phenoxy) is 2. The van der Waals surface area contributed by atoms with E-state index >= 15 is 0 Å². The molecule has 2 rings (SSSR count). The van der Waals surface area contributed by atoms with E-state index in [2.05, 4.69) is 26.8 Å². The average Bonchev–Trinajstić information content (AvgIpc) is 2.57. The van der Waals surface area contributed by atoms with Gasteiger partial charge in [0.1, 0.15) is 12.3 Å². The number of hydrogen-bond donors (Lipinski definition) is 2. The number of nitro groups is 1. The van der Waals surface area contributed by atoms with Crippen molar-refractivity contribution in [3.63, 3.8) is 0 Å². The zero-order valence-electron chi connectivity index (χ0n) is 13.4. The maximum Gasteiger partial charge on any atom is 0.357 e. The Hall–Kier alpha value is -3.32. The molecule has 0 aliphatic carbocycles. The number of aromatic nitrogens is 2. The SMILES string of the molecule is C#CCOc1c(/C=C\c2[nH]c(=O)[nH]c(=O)c2[N+](=O)[O-])cc(Br)cc1OC. The van der Waals surface area contributed by atoms with Crippen LogP contribution in [0.4, 0.5) is 5.69 Å². The van der Waals surface area contributed by atoms with Crippen molar-refractivity contribution in [2.45, 2.75) is 0 Å². The molecule has 0 radical (unpaired) electrons. The van der Waals surface area contributed by atoms with E-state index in [1.807, 2.05) is 4.98 Å². The molecule has 9 nitrogen and oxygen atoms in total. The summed E-state index contributed by atoms with van der Waals surface area (Å²) >= 11 is 3.31. The molecule has 0 saturated carbocycles. The molecule has 26 heavy (non-hydrogen) atoms. The summed E-state index contributed by atoms with van der Waals surface area (Å²) in [4.78, 5) is 37.3. The van der Waals surface area contributed by atoms with E-state index in [1.54, 1.807) is 12.1 Å². The van der Waals surface area contributed by atoms with Crippen LogP contribution in [0.15, 0.2) is 26.2 Å². The number of methoxy groups -OCH3 is 1. The van der Waals surface area contributed by atoms with Crippen molar-refractivity contribution in [1.29, 1.82) is 0 Å². The van der Waals surface area contributed by atoms with E-state index in [-0.39, 0.29) is 12.3 Å². The molecule has 2 aromatic rings. The second kappa shape index (κ2) is 8.17. The highest BCUT2D eigenvalue weighted by Gasteiger charge is 2.19. The number of nitrogens with one attached hydrogen (secondary N) is 2. The fourth-order valence-electron chi connectivity index (χ4n) is 2.10. The fraction of sp³-hybridized carbons (Fsp3) is 0.125. The number of hydrogen-bond acceptors (Lipinski definition) is 6. The Morgan fingerprint density at radius 2 is 2.08 bits per heavy atom. The third-order valence-corrected chi connectivity index (χ3v) is 3.58. The van der Waals surface area contributed by atoms with Crippen LogP contribution in [0.2, 0.25) is 0 Å². The van der Waals surface area contributed by atoms with E-state index in [0.29, 0.717) is 21.5 Å². The van der Waals surface area contributed by atoms with Gasteiger partial charge in [0.2, 0.25) is 0 Å². The molecule has 0 aliphatic rings. The smallest absolute Gasteiger partial charge is 0.357 e. The monoisotopic (exact) mass is 421 g/mol. The Kier molecular flexibility index (Phi) is 5.98. The quantitative estimate of drug-likeness (QED) is 0.416. The summed E-state index contributed by atoms with van der Waals surface area (Å²) < 4.78 is 11.4. The summed E-state index contributed by atoms with van der Waals surface area (Å²) in [5.74, 6) is 3.01.